The Hall–Kier alpha value is -1.95. The van der Waals surface area contributed by atoms with E-state index >= 15 is 0 Å². The summed E-state index contributed by atoms with van der Waals surface area (Å²) in [6.45, 7) is 2.28. The number of fused-ring (bicyclic) bond motifs is 1. The number of hydrogen-bond donors (Lipinski definition) is 2. The molecule has 0 spiro atoms. The van der Waals surface area contributed by atoms with Crippen LogP contribution in [0.3, 0.4) is 0 Å². The fourth-order valence-corrected chi connectivity index (χ4v) is 3.46. The molecule has 2 aliphatic rings. The molecule has 2 aliphatic heterocycles. The lowest BCUT2D eigenvalue weighted by Crippen LogP contribution is -2.37. The summed E-state index contributed by atoms with van der Waals surface area (Å²) in [6, 6.07) is 2.75. The second-order valence-corrected chi connectivity index (χ2v) is 6.42. The summed E-state index contributed by atoms with van der Waals surface area (Å²) < 4.78 is 14.3. The van der Waals surface area contributed by atoms with E-state index in [0.717, 1.165) is 18.4 Å². The minimum absolute atomic E-state index is 0.0439. The van der Waals surface area contributed by atoms with Crippen LogP contribution in [0.1, 0.15) is 48.5 Å². The van der Waals surface area contributed by atoms with E-state index in [1.54, 1.807) is 17.9 Å². The Morgan fingerprint density at radius 1 is 1.48 bits per heavy atom. The molecule has 0 bridgehead atoms. The minimum Gasteiger partial charge on any atom is -0.393 e. The topological polar surface area (TPSA) is 69.6 Å². The first-order valence-electron chi connectivity index (χ1n) is 8.07. The maximum atomic E-state index is 14.3. The highest BCUT2D eigenvalue weighted by molar-refractivity contribution is 5.98. The molecule has 2 N–H and O–H groups in total. The van der Waals surface area contributed by atoms with E-state index in [2.05, 4.69) is 5.32 Å². The number of benzene rings is 1. The van der Waals surface area contributed by atoms with Crippen LogP contribution in [0.4, 0.5) is 10.1 Å². The van der Waals surface area contributed by atoms with Crippen LogP contribution in [0, 0.1) is 5.82 Å². The van der Waals surface area contributed by atoms with Gasteiger partial charge in [0.05, 0.1) is 11.7 Å². The second kappa shape index (κ2) is 6.28. The monoisotopic (exact) mass is 320 g/mol. The zero-order chi connectivity index (χ0) is 16.6. The number of aliphatic hydroxyl groups excluding tert-OH is 1. The van der Waals surface area contributed by atoms with Gasteiger partial charge in [0.2, 0.25) is 5.91 Å². The van der Waals surface area contributed by atoms with Gasteiger partial charge in [-0.1, -0.05) is 0 Å². The summed E-state index contributed by atoms with van der Waals surface area (Å²) in [6.07, 6.45) is 2.58. The van der Waals surface area contributed by atoms with Crippen molar-refractivity contribution >= 4 is 17.5 Å². The molecule has 5 nitrogen and oxygen atoms in total. The molecule has 1 saturated heterocycles. The Labute approximate surface area is 134 Å². The summed E-state index contributed by atoms with van der Waals surface area (Å²) in [5.41, 5.74) is 1.30. The van der Waals surface area contributed by atoms with E-state index in [4.69, 9.17) is 0 Å². The number of carbonyl (C=O) groups is 2. The number of likely N-dealkylation sites (tertiary alicyclic amines) is 1. The summed E-state index contributed by atoms with van der Waals surface area (Å²) >= 11 is 0. The number of carbonyl (C=O) groups excluding carboxylic acids is 2. The van der Waals surface area contributed by atoms with E-state index in [-0.39, 0.29) is 23.4 Å². The van der Waals surface area contributed by atoms with Crippen LogP contribution in [0.5, 0.6) is 0 Å². The van der Waals surface area contributed by atoms with E-state index in [0.29, 0.717) is 31.5 Å². The van der Waals surface area contributed by atoms with E-state index in [1.165, 1.54) is 6.07 Å². The molecule has 3 rings (SSSR count). The first-order valence-corrected chi connectivity index (χ1v) is 8.07. The van der Waals surface area contributed by atoms with Crippen molar-refractivity contribution in [2.45, 2.75) is 51.2 Å². The fraction of sp³-hybridized carbons (Fsp3) is 0.529. The Morgan fingerprint density at radius 3 is 3.00 bits per heavy atom. The van der Waals surface area contributed by atoms with Crippen molar-refractivity contribution in [2.75, 3.05) is 11.9 Å². The molecule has 0 saturated carbocycles. The lowest BCUT2D eigenvalue weighted by Gasteiger charge is -2.26. The number of halogens is 1. The summed E-state index contributed by atoms with van der Waals surface area (Å²) in [4.78, 5) is 25.8. The van der Waals surface area contributed by atoms with Crippen LogP contribution in [0.2, 0.25) is 0 Å². The predicted molar refractivity (Wildman–Crippen MR) is 83.7 cm³/mol. The molecule has 2 unspecified atom stereocenters. The first-order chi connectivity index (χ1) is 11.0. The lowest BCUT2D eigenvalue weighted by atomic mass is 9.99. The Morgan fingerprint density at radius 2 is 2.26 bits per heavy atom. The molecule has 124 valence electrons. The van der Waals surface area contributed by atoms with Crippen molar-refractivity contribution in [3.05, 3.63) is 29.1 Å². The third-order valence-corrected chi connectivity index (χ3v) is 4.57. The van der Waals surface area contributed by atoms with Gasteiger partial charge < -0.3 is 15.3 Å². The lowest BCUT2D eigenvalue weighted by molar-refractivity contribution is -0.116. The molecular formula is C17H21FN2O3. The molecule has 0 aliphatic carbocycles. The van der Waals surface area contributed by atoms with Crippen LogP contribution in [0.25, 0.3) is 0 Å². The standard InChI is InChI=1S/C17H21FN2O3/c1-10(21)7-12-3-2-6-20(12)17(23)13-8-11-4-5-16(22)19-15(11)9-14(13)18/h8-10,12,21H,2-7H2,1H3,(H,19,22). The number of amides is 2. The van der Waals surface area contributed by atoms with Gasteiger partial charge in [-0.3, -0.25) is 9.59 Å². The first kappa shape index (κ1) is 15.9. The van der Waals surface area contributed by atoms with Gasteiger partial charge in [0, 0.05) is 24.7 Å². The molecule has 6 heteroatoms. The number of hydrogen-bond acceptors (Lipinski definition) is 3. The van der Waals surface area contributed by atoms with Crippen molar-refractivity contribution < 1.29 is 19.1 Å². The largest absolute Gasteiger partial charge is 0.393 e. The molecule has 0 aromatic heterocycles. The quantitative estimate of drug-likeness (QED) is 0.896. The number of aryl methyl sites for hydroxylation is 1. The van der Waals surface area contributed by atoms with Gasteiger partial charge >= 0.3 is 0 Å². The van der Waals surface area contributed by atoms with Crippen molar-refractivity contribution in [2.24, 2.45) is 0 Å². The minimum atomic E-state index is -0.612. The van der Waals surface area contributed by atoms with Crippen molar-refractivity contribution in [3.63, 3.8) is 0 Å². The Balaban J connectivity index is 1.86. The normalized spacial score (nSPS) is 21.8. The van der Waals surface area contributed by atoms with Gasteiger partial charge in [-0.05, 0) is 50.3 Å². The maximum absolute atomic E-state index is 14.3. The zero-order valence-corrected chi connectivity index (χ0v) is 13.1. The van der Waals surface area contributed by atoms with Crippen molar-refractivity contribution in [1.29, 1.82) is 0 Å². The van der Waals surface area contributed by atoms with Gasteiger partial charge in [-0.15, -0.1) is 0 Å². The maximum Gasteiger partial charge on any atom is 0.257 e. The summed E-state index contributed by atoms with van der Waals surface area (Å²) in [5.74, 6) is -1.07. The average molecular weight is 320 g/mol. The third kappa shape index (κ3) is 3.22. The number of aliphatic hydroxyl groups is 1. The predicted octanol–water partition coefficient (Wildman–Crippen LogP) is 2.09. The molecule has 23 heavy (non-hydrogen) atoms. The Kier molecular flexibility index (Phi) is 4.35. The van der Waals surface area contributed by atoms with E-state index < -0.39 is 11.9 Å². The van der Waals surface area contributed by atoms with Crippen molar-refractivity contribution in [1.82, 2.24) is 4.90 Å². The smallest absolute Gasteiger partial charge is 0.257 e. The number of rotatable bonds is 3. The van der Waals surface area contributed by atoms with Crippen LogP contribution in [-0.4, -0.2) is 40.5 Å². The summed E-state index contributed by atoms with van der Waals surface area (Å²) in [5, 5.41) is 12.2. The van der Waals surface area contributed by atoms with Gasteiger partial charge in [-0.25, -0.2) is 4.39 Å². The van der Waals surface area contributed by atoms with Crippen LogP contribution in [-0.2, 0) is 11.2 Å². The molecule has 2 atom stereocenters. The highest BCUT2D eigenvalue weighted by Gasteiger charge is 2.32. The van der Waals surface area contributed by atoms with E-state index in [9.17, 15) is 19.1 Å². The SMILES string of the molecule is CC(O)CC1CCCN1C(=O)c1cc2c(cc1F)NC(=O)CC2. The van der Waals surface area contributed by atoms with E-state index in [1.807, 2.05) is 0 Å². The Bertz CT molecular complexity index is 645. The molecule has 2 amide bonds. The molecular weight excluding hydrogens is 299 g/mol. The van der Waals surface area contributed by atoms with Gasteiger partial charge in [0.25, 0.3) is 5.91 Å². The average Bonchev–Trinajstić information content (AvgIpc) is 2.93. The van der Waals surface area contributed by atoms with Gasteiger partial charge in [0.1, 0.15) is 5.82 Å². The fourth-order valence-electron chi connectivity index (χ4n) is 3.46. The molecule has 0 radical (unpaired) electrons. The number of anilines is 1. The second-order valence-electron chi connectivity index (χ2n) is 6.42. The van der Waals surface area contributed by atoms with Crippen LogP contribution < -0.4 is 5.32 Å². The highest BCUT2D eigenvalue weighted by atomic mass is 19.1. The molecule has 1 aromatic rings. The molecule has 1 aromatic carbocycles. The molecule has 2 heterocycles. The van der Waals surface area contributed by atoms with Gasteiger partial charge in [-0.2, -0.15) is 0 Å². The third-order valence-electron chi connectivity index (χ3n) is 4.57. The summed E-state index contributed by atoms with van der Waals surface area (Å²) in [7, 11) is 0. The van der Waals surface area contributed by atoms with Crippen molar-refractivity contribution in [3.8, 4) is 0 Å². The highest BCUT2D eigenvalue weighted by Crippen LogP contribution is 2.29. The zero-order valence-electron chi connectivity index (χ0n) is 13.1. The van der Waals surface area contributed by atoms with Crippen LogP contribution in [0.15, 0.2) is 12.1 Å². The van der Waals surface area contributed by atoms with Crippen LogP contribution >= 0.6 is 0 Å². The van der Waals surface area contributed by atoms with Gasteiger partial charge in [0.15, 0.2) is 0 Å². The number of nitrogens with one attached hydrogen (secondary N) is 1. The molecule has 1 fully saturated rings. The number of nitrogens with zero attached hydrogens (tertiary/aromatic N) is 1.